The molecule has 1 aromatic heterocycles. The lowest BCUT2D eigenvalue weighted by Crippen LogP contribution is -2.31. The molecule has 3 aromatic carbocycles. The Hall–Kier alpha value is -3.84. The molecule has 0 bridgehead atoms. The van der Waals surface area contributed by atoms with E-state index in [1.165, 1.54) is 0 Å². The fourth-order valence-corrected chi connectivity index (χ4v) is 4.98. The zero-order chi connectivity index (χ0) is 25.2. The second kappa shape index (κ2) is 10.0. The van der Waals surface area contributed by atoms with Crippen molar-refractivity contribution in [3.8, 4) is 5.75 Å². The van der Waals surface area contributed by atoms with Crippen LogP contribution < -0.4 is 4.74 Å². The molecular formula is C29H25BrN2O4. The van der Waals surface area contributed by atoms with Crippen molar-refractivity contribution >= 4 is 44.3 Å². The van der Waals surface area contributed by atoms with Gasteiger partial charge in [-0.2, -0.15) is 0 Å². The lowest BCUT2D eigenvalue weighted by Gasteiger charge is -2.25. The SMILES string of the molecule is CCOc1ccc(C(O)=C2C(=O)C(=O)N(CCc3c[nH]c4ccccc34)[C@H]2c2ccc(Br)cc2)cc1. The molecule has 4 aromatic rings. The van der Waals surface area contributed by atoms with Gasteiger partial charge in [0.1, 0.15) is 11.5 Å². The van der Waals surface area contributed by atoms with E-state index in [9.17, 15) is 14.7 Å². The molecular weight excluding hydrogens is 520 g/mol. The number of carbonyl (C=O) groups excluding carboxylic acids is 2. The Bertz CT molecular complexity index is 1450. The maximum atomic E-state index is 13.3. The Balaban J connectivity index is 1.54. The van der Waals surface area contributed by atoms with Crippen LogP contribution in [0, 0.1) is 0 Å². The molecule has 0 unspecified atom stereocenters. The first-order valence-corrected chi connectivity index (χ1v) is 12.6. The number of carbonyl (C=O) groups is 2. The van der Waals surface area contributed by atoms with Crippen molar-refractivity contribution in [1.82, 2.24) is 9.88 Å². The van der Waals surface area contributed by atoms with E-state index in [4.69, 9.17) is 4.74 Å². The number of ketones is 1. The number of ether oxygens (including phenoxy) is 1. The van der Waals surface area contributed by atoms with E-state index >= 15 is 0 Å². The summed E-state index contributed by atoms with van der Waals surface area (Å²) >= 11 is 3.45. The van der Waals surface area contributed by atoms with Gasteiger partial charge in [0.15, 0.2) is 0 Å². The number of H-pyrrole nitrogens is 1. The predicted molar refractivity (Wildman–Crippen MR) is 143 cm³/mol. The van der Waals surface area contributed by atoms with Crippen LogP contribution in [0.4, 0.5) is 0 Å². The van der Waals surface area contributed by atoms with Gasteiger partial charge in [-0.15, -0.1) is 0 Å². The number of aliphatic hydroxyl groups is 1. The summed E-state index contributed by atoms with van der Waals surface area (Å²) in [6.07, 6.45) is 2.50. The summed E-state index contributed by atoms with van der Waals surface area (Å²) in [6.45, 7) is 2.74. The number of para-hydroxylation sites is 1. The number of rotatable bonds is 7. The summed E-state index contributed by atoms with van der Waals surface area (Å²) in [5.41, 5.74) is 3.38. The number of benzene rings is 3. The monoisotopic (exact) mass is 544 g/mol. The van der Waals surface area contributed by atoms with Gasteiger partial charge in [0.2, 0.25) is 0 Å². The van der Waals surface area contributed by atoms with Gasteiger partial charge in [-0.3, -0.25) is 9.59 Å². The number of nitrogens with one attached hydrogen (secondary N) is 1. The minimum atomic E-state index is -0.699. The van der Waals surface area contributed by atoms with E-state index in [2.05, 4.69) is 20.9 Å². The van der Waals surface area contributed by atoms with Gasteiger partial charge >= 0.3 is 0 Å². The number of Topliss-reactive ketones (excluding diaryl/α,β-unsaturated/α-hetero) is 1. The fourth-order valence-electron chi connectivity index (χ4n) is 4.71. The van der Waals surface area contributed by atoms with Crippen molar-refractivity contribution in [1.29, 1.82) is 0 Å². The summed E-state index contributed by atoms with van der Waals surface area (Å²) < 4.78 is 6.37. The summed E-state index contributed by atoms with van der Waals surface area (Å²) in [5.74, 6) is -0.833. The van der Waals surface area contributed by atoms with Gasteiger partial charge in [-0.05, 0) is 66.9 Å². The molecule has 1 saturated heterocycles. The predicted octanol–water partition coefficient (Wildman–Crippen LogP) is 5.99. The molecule has 0 saturated carbocycles. The zero-order valence-corrected chi connectivity index (χ0v) is 21.3. The smallest absolute Gasteiger partial charge is 0.295 e. The first-order valence-electron chi connectivity index (χ1n) is 11.8. The Kier molecular flexibility index (Phi) is 6.65. The molecule has 2 heterocycles. The second-order valence-electron chi connectivity index (χ2n) is 8.61. The number of likely N-dealkylation sites (tertiary alicyclic amines) is 1. The summed E-state index contributed by atoms with van der Waals surface area (Å²) in [7, 11) is 0. The number of halogens is 1. The third-order valence-corrected chi connectivity index (χ3v) is 6.99. The molecule has 36 heavy (non-hydrogen) atoms. The quantitative estimate of drug-likeness (QED) is 0.170. The molecule has 1 aliphatic rings. The van der Waals surface area contributed by atoms with E-state index in [-0.39, 0.29) is 11.3 Å². The highest BCUT2D eigenvalue weighted by Crippen LogP contribution is 2.40. The van der Waals surface area contributed by atoms with Crippen LogP contribution >= 0.6 is 15.9 Å². The lowest BCUT2D eigenvalue weighted by atomic mass is 9.95. The van der Waals surface area contributed by atoms with E-state index < -0.39 is 17.7 Å². The first kappa shape index (κ1) is 23.9. The van der Waals surface area contributed by atoms with Gasteiger partial charge in [-0.1, -0.05) is 46.3 Å². The molecule has 5 rings (SSSR count). The largest absolute Gasteiger partial charge is 0.507 e. The standard InChI is InChI=1S/C29H25BrN2O4/c1-2-36-22-13-9-19(10-14-22)27(33)25-26(18-7-11-21(30)12-8-18)32(29(35)28(25)34)16-15-20-17-31-24-6-4-3-5-23(20)24/h3-14,17,26,31,33H,2,15-16H2,1H3/t26-/m0/s1. The minimum Gasteiger partial charge on any atom is -0.507 e. The number of aromatic nitrogens is 1. The molecule has 1 amide bonds. The van der Waals surface area contributed by atoms with Crippen LogP contribution in [0.25, 0.3) is 16.7 Å². The number of fused-ring (bicyclic) bond motifs is 1. The molecule has 2 N–H and O–H groups in total. The molecule has 1 atom stereocenters. The average Bonchev–Trinajstić information content (AvgIpc) is 3.42. The van der Waals surface area contributed by atoms with Gasteiger partial charge in [0.25, 0.3) is 11.7 Å². The topological polar surface area (TPSA) is 82.6 Å². The molecule has 1 fully saturated rings. The minimum absolute atomic E-state index is 0.0883. The third kappa shape index (κ3) is 4.42. The number of hydrogen-bond acceptors (Lipinski definition) is 4. The Labute approximate surface area is 217 Å². The van der Waals surface area contributed by atoms with Crippen molar-refractivity contribution in [2.75, 3.05) is 13.2 Å². The third-order valence-electron chi connectivity index (χ3n) is 6.46. The van der Waals surface area contributed by atoms with Crippen LogP contribution in [0.15, 0.2) is 89.0 Å². The average molecular weight is 545 g/mol. The van der Waals surface area contributed by atoms with Crippen LogP contribution in [0.1, 0.15) is 29.7 Å². The van der Waals surface area contributed by atoms with Gasteiger partial charge < -0.3 is 19.7 Å². The highest BCUT2D eigenvalue weighted by atomic mass is 79.9. The van der Waals surface area contributed by atoms with Crippen molar-refractivity contribution in [3.05, 3.63) is 106 Å². The summed E-state index contributed by atoms with van der Waals surface area (Å²) in [4.78, 5) is 31.4. The molecule has 7 heteroatoms. The molecule has 0 radical (unpaired) electrons. The highest BCUT2D eigenvalue weighted by molar-refractivity contribution is 9.10. The maximum absolute atomic E-state index is 13.3. The van der Waals surface area contributed by atoms with Gasteiger partial charge in [-0.25, -0.2) is 0 Å². The number of nitrogens with zero attached hydrogens (tertiary/aromatic N) is 1. The lowest BCUT2D eigenvalue weighted by molar-refractivity contribution is -0.139. The van der Waals surface area contributed by atoms with E-state index in [1.54, 1.807) is 29.2 Å². The van der Waals surface area contributed by atoms with Crippen molar-refractivity contribution in [3.63, 3.8) is 0 Å². The Morgan fingerprint density at radius 3 is 2.47 bits per heavy atom. The van der Waals surface area contributed by atoms with Crippen LogP contribution in [-0.2, 0) is 16.0 Å². The van der Waals surface area contributed by atoms with Crippen molar-refractivity contribution in [2.24, 2.45) is 0 Å². The number of aliphatic hydroxyl groups excluding tert-OH is 1. The normalized spacial score (nSPS) is 17.2. The molecule has 0 aliphatic carbocycles. The summed E-state index contributed by atoms with van der Waals surface area (Å²) in [6, 6.07) is 21.6. The number of amides is 1. The molecule has 6 nitrogen and oxygen atoms in total. The molecule has 182 valence electrons. The van der Waals surface area contributed by atoms with Crippen LogP contribution in [0.5, 0.6) is 5.75 Å². The molecule has 0 spiro atoms. The maximum Gasteiger partial charge on any atom is 0.295 e. The molecule has 1 aliphatic heterocycles. The number of hydrogen-bond donors (Lipinski definition) is 2. The van der Waals surface area contributed by atoms with Crippen LogP contribution in [0.2, 0.25) is 0 Å². The van der Waals surface area contributed by atoms with Crippen LogP contribution in [0.3, 0.4) is 0 Å². The van der Waals surface area contributed by atoms with Crippen LogP contribution in [-0.4, -0.2) is 39.8 Å². The number of aromatic amines is 1. The van der Waals surface area contributed by atoms with Crippen molar-refractivity contribution in [2.45, 2.75) is 19.4 Å². The van der Waals surface area contributed by atoms with Crippen molar-refractivity contribution < 1.29 is 19.4 Å². The first-order chi connectivity index (χ1) is 17.5. The van der Waals surface area contributed by atoms with Gasteiger partial charge in [0, 0.05) is 33.7 Å². The van der Waals surface area contributed by atoms with E-state index in [1.807, 2.05) is 61.7 Å². The Morgan fingerprint density at radius 1 is 1.03 bits per heavy atom. The van der Waals surface area contributed by atoms with E-state index in [0.717, 1.165) is 26.5 Å². The highest BCUT2D eigenvalue weighted by Gasteiger charge is 2.45. The Morgan fingerprint density at radius 2 is 1.75 bits per heavy atom. The summed E-state index contributed by atoms with van der Waals surface area (Å²) in [5, 5.41) is 12.3. The second-order valence-corrected chi connectivity index (χ2v) is 9.53. The fraction of sp³-hybridized carbons (Fsp3) is 0.172. The van der Waals surface area contributed by atoms with Gasteiger partial charge in [0.05, 0.1) is 18.2 Å². The van der Waals surface area contributed by atoms with E-state index in [0.29, 0.717) is 30.9 Å². The zero-order valence-electron chi connectivity index (χ0n) is 19.7.